The number of fused-ring (bicyclic) bond motifs is 1. The number of pyridine rings is 1. The van der Waals surface area contributed by atoms with Crippen molar-refractivity contribution in [2.24, 2.45) is 0 Å². The molecule has 3 N–H and O–H groups in total. The number of aromatic amines is 1. The summed E-state index contributed by atoms with van der Waals surface area (Å²) in [7, 11) is 0. The number of H-pyrrole nitrogens is 1. The number of hydrogen-bond acceptors (Lipinski definition) is 4. The fourth-order valence-electron chi connectivity index (χ4n) is 1.55. The standard InChI is InChI=1S/C10H12N2O2S/c13-8(5-15)9(14)6-1-3-11-10-7(6)2-4-12-10/h1-4,8-9,13-15H,5H2,(H,11,12). The van der Waals surface area contributed by atoms with Crippen molar-refractivity contribution in [2.75, 3.05) is 5.75 Å². The normalized spacial score (nSPS) is 15.4. The maximum Gasteiger partial charge on any atom is 0.137 e. The van der Waals surface area contributed by atoms with E-state index in [0.29, 0.717) is 11.2 Å². The maximum absolute atomic E-state index is 9.86. The fourth-order valence-corrected chi connectivity index (χ4v) is 1.75. The fraction of sp³-hybridized carbons (Fsp3) is 0.300. The van der Waals surface area contributed by atoms with Crippen LogP contribution in [0.15, 0.2) is 24.5 Å². The highest BCUT2D eigenvalue weighted by Gasteiger charge is 2.19. The Morgan fingerprint density at radius 2 is 2.20 bits per heavy atom. The largest absolute Gasteiger partial charge is 0.389 e. The van der Waals surface area contributed by atoms with E-state index in [0.717, 1.165) is 5.39 Å². The van der Waals surface area contributed by atoms with E-state index < -0.39 is 12.2 Å². The first-order valence-corrected chi connectivity index (χ1v) is 5.26. The number of hydrogen-bond donors (Lipinski definition) is 4. The van der Waals surface area contributed by atoms with Crippen molar-refractivity contribution in [1.29, 1.82) is 0 Å². The average Bonchev–Trinajstić information content (AvgIpc) is 2.74. The number of aromatic nitrogens is 2. The Morgan fingerprint density at radius 1 is 1.40 bits per heavy atom. The highest BCUT2D eigenvalue weighted by Crippen LogP contribution is 2.24. The van der Waals surface area contributed by atoms with Gasteiger partial charge < -0.3 is 15.2 Å². The molecule has 2 atom stereocenters. The van der Waals surface area contributed by atoms with Gasteiger partial charge in [-0.05, 0) is 17.7 Å². The minimum atomic E-state index is -0.927. The summed E-state index contributed by atoms with van der Waals surface area (Å²) in [5.74, 6) is 0.218. The second-order valence-electron chi connectivity index (χ2n) is 3.33. The third kappa shape index (κ3) is 1.86. The molecule has 80 valence electrons. The van der Waals surface area contributed by atoms with Gasteiger partial charge >= 0.3 is 0 Å². The van der Waals surface area contributed by atoms with Gasteiger partial charge in [0.2, 0.25) is 0 Å². The van der Waals surface area contributed by atoms with Gasteiger partial charge in [-0.3, -0.25) is 0 Å². The van der Waals surface area contributed by atoms with Crippen LogP contribution < -0.4 is 0 Å². The third-order valence-electron chi connectivity index (χ3n) is 2.36. The molecule has 5 heteroatoms. The zero-order chi connectivity index (χ0) is 10.8. The van der Waals surface area contributed by atoms with E-state index in [1.807, 2.05) is 6.07 Å². The van der Waals surface area contributed by atoms with Gasteiger partial charge in [-0.25, -0.2) is 4.98 Å². The van der Waals surface area contributed by atoms with Crippen LogP contribution in [0.5, 0.6) is 0 Å². The molecule has 0 saturated carbocycles. The predicted molar refractivity (Wildman–Crippen MR) is 60.9 cm³/mol. The molecule has 0 fully saturated rings. The van der Waals surface area contributed by atoms with E-state index in [1.54, 1.807) is 18.5 Å². The molecule has 0 aliphatic carbocycles. The first-order valence-electron chi connectivity index (χ1n) is 4.63. The molecule has 0 aliphatic rings. The van der Waals surface area contributed by atoms with Crippen LogP contribution in [0.1, 0.15) is 11.7 Å². The molecule has 0 aromatic carbocycles. The second-order valence-corrected chi connectivity index (χ2v) is 3.70. The van der Waals surface area contributed by atoms with Gasteiger partial charge in [0.25, 0.3) is 0 Å². The van der Waals surface area contributed by atoms with Crippen LogP contribution in [0, 0.1) is 0 Å². The molecule has 0 spiro atoms. The molecule has 2 aromatic heterocycles. The third-order valence-corrected chi connectivity index (χ3v) is 2.74. The lowest BCUT2D eigenvalue weighted by Gasteiger charge is -2.16. The lowest BCUT2D eigenvalue weighted by molar-refractivity contribution is 0.0346. The summed E-state index contributed by atoms with van der Waals surface area (Å²) in [4.78, 5) is 7.05. The smallest absolute Gasteiger partial charge is 0.137 e. The number of rotatable bonds is 3. The highest BCUT2D eigenvalue weighted by atomic mass is 32.1. The highest BCUT2D eigenvalue weighted by molar-refractivity contribution is 7.80. The van der Waals surface area contributed by atoms with Crippen LogP contribution in [0.3, 0.4) is 0 Å². The molecule has 15 heavy (non-hydrogen) atoms. The van der Waals surface area contributed by atoms with Crippen molar-refractivity contribution in [3.63, 3.8) is 0 Å². The Bertz CT molecular complexity index is 457. The lowest BCUT2D eigenvalue weighted by atomic mass is 10.0. The Kier molecular flexibility index (Phi) is 2.95. The minimum Gasteiger partial charge on any atom is -0.389 e. The summed E-state index contributed by atoms with van der Waals surface area (Å²) in [6, 6.07) is 3.53. The van der Waals surface area contributed by atoms with Gasteiger partial charge in [0, 0.05) is 23.5 Å². The maximum atomic E-state index is 9.86. The van der Waals surface area contributed by atoms with Crippen molar-refractivity contribution >= 4 is 23.7 Å². The molecule has 2 aromatic rings. The summed E-state index contributed by atoms with van der Waals surface area (Å²) < 4.78 is 0. The molecule has 2 heterocycles. The van der Waals surface area contributed by atoms with Gasteiger partial charge in [0.05, 0.1) is 6.10 Å². The van der Waals surface area contributed by atoms with Gasteiger partial charge in [-0.15, -0.1) is 0 Å². The Balaban J connectivity index is 2.46. The SMILES string of the molecule is OC(CS)C(O)c1ccnc2[nH]ccc12. The van der Waals surface area contributed by atoms with Crippen molar-refractivity contribution < 1.29 is 10.2 Å². The Labute approximate surface area is 92.4 Å². The molecule has 2 rings (SSSR count). The van der Waals surface area contributed by atoms with Crippen LogP contribution in [-0.4, -0.2) is 32.0 Å². The van der Waals surface area contributed by atoms with Crippen LogP contribution in [-0.2, 0) is 0 Å². The summed E-state index contributed by atoms with van der Waals surface area (Å²) in [6.45, 7) is 0. The van der Waals surface area contributed by atoms with Gasteiger partial charge in [0.15, 0.2) is 0 Å². The number of aliphatic hydroxyl groups excluding tert-OH is 2. The van der Waals surface area contributed by atoms with Crippen molar-refractivity contribution in [3.05, 3.63) is 30.1 Å². The van der Waals surface area contributed by atoms with Crippen molar-refractivity contribution in [1.82, 2.24) is 9.97 Å². The summed E-state index contributed by atoms with van der Waals surface area (Å²) >= 11 is 3.95. The topological polar surface area (TPSA) is 69.1 Å². The molecular weight excluding hydrogens is 212 g/mol. The van der Waals surface area contributed by atoms with E-state index in [-0.39, 0.29) is 5.75 Å². The van der Waals surface area contributed by atoms with Crippen LogP contribution in [0.25, 0.3) is 11.0 Å². The first kappa shape index (κ1) is 10.5. The lowest BCUT2D eigenvalue weighted by Crippen LogP contribution is -2.19. The minimum absolute atomic E-state index is 0.218. The number of thiol groups is 1. The zero-order valence-electron chi connectivity index (χ0n) is 7.96. The van der Waals surface area contributed by atoms with Crippen LogP contribution in [0.2, 0.25) is 0 Å². The molecule has 0 saturated heterocycles. The monoisotopic (exact) mass is 224 g/mol. The van der Waals surface area contributed by atoms with E-state index in [2.05, 4.69) is 22.6 Å². The summed E-state index contributed by atoms with van der Waals surface area (Å²) in [5.41, 5.74) is 1.38. The van der Waals surface area contributed by atoms with Gasteiger partial charge in [0.1, 0.15) is 11.8 Å². The van der Waals surface area contributed by atoms with Crippen LogP contribution in [0.4, 0.5) is 0 Å². The molecule has 0 amide bonds. The van der Waals surface area contributed by atoms with E-state index in [9.17, 15) is 10.2 Å². The number of aliphatic hydroxyl groups is 2. The average molecular weight is 224 g/mol. The van der Waals surface area contributed by atoms with E-state index in [1.165, 1.54) is 0 Å². The summed E-state index contributed by atoms with van der Waals surface area (Å²) in [6.07, 6.45) is 1.56. The number of nitrogens with zero attached hydrogens (tertiary/aromatic N) is 1. The first-order chi connectivity index (χ1) is 7.24. The van der Waals surface area contributed by atoms with Crippen molar-refractivity contribution in [2.45, 2.75) is 12.2 Å². The molecule has 4 nitrogen and oxygen atoms in total. The van der Waals surface area contributed by atoms with E-state index in [4.69, 9.17) is 0 Å². The molecule has 0 aliphatic heterocycles. The molecule has 0 bridgehead atoms. The molecule has 0 radical (unpaired) electrons. The Hall–Kier alpha value is -1.04. The van der Waals surface area contributed by atoms with Crippen LogP contribution >= 0.6 is 12.6 Å². The Morgan fingerprint density at radius 3 is 2.93 bits per heavy atom. The molecular formula is C10H12N2O2S. The quantitative estimate of drug-likeness (QED) is 0.585. The van der Waals surface area contributed by atoms with Gasteiger partial charge in [-0.1, -0.05) is 0 Å². The van der Waals surface area contributed by atoms with Crippen molar-refractivity contribution in [3.8, 4) is 0 Å². The van der Waals surface area contributed by atoms with Gasteiger partial charge in [-0.2, -0.15) is 12.6 Å². The number of nitrogens with one attached hydrogen (secondary N) is 1. The second kappa shape index (κ2) is 4.22. The van der Waals surface area contributed by atoms with E-state index >= 15 is 0 Å². The zero-order valence-corrected chi connectivity index (χ0v) is 8.85. The summed E-state index contributed by atoms with van der Waals surface area (Å²) in [5, 5.41) is 20.2. The predicted octanol–water partition coefficient (Wildman–Crippen LogP) is 0.887. The molecule has 2 unspecified atom stereocenters.